The summed E-state index contributed by atoms with van der Waals surface area (Å²) < 4.78 is 6.73. The Morgan fingerprint density at radius 3 is 2.55 bits per heavy atom. The Morgan fingerprint density at radius 1 is 1.25 bits per heavy atom. The number of fused-ring (bicyclic) bond motifs is 1. The largest absolute Gasteiger partial charge is 0.414 e. The second-order valence-corrected chi connectivity index (χ2v) is 12.8. The molecule has 0 aliphatic heterocycles. The lowest BCUT2D eigenvalue weighted by Gasteiger charge is -2.40. The maximum absolute atomic E-state index is 6.73. The maximum atomic E-state index is 6.73. The third-order valence-corrected chi connectivity index (χ3v) is 10.2. The molecule has 1 saturated carbocycles. The predicted molar refractivity (Wildman–Crippen MR) is 89.0 cm³/mol. The minimum atomic E-state index is -1.66. The van der Waals surface area contributed by atoms with Crippen LogP contribution in [0.1, 0.15) is 46.5 Å². The fraction of sp³-hybridized carbons (Fsp3) is 0.778. The molecule has 1 nitrogen and oxygen atoms in total. The van der Waals surface area contributed by atoms with E-state index in [1.807, 2.05) is 0 Å². The van der Waals surface area contributed by atoms with Crippen molar-refractivity contribution in [1.29, 1.82) is 0 Å². The van der Waals surface area contributed by atoms with Crippen LogP contribution in [-0.2, 0) is 4.43 Å². The van der Waals surface area contributed by atoms with Crippen molar-refractivity contribution >= 4 is 8.32 Å². The van der Waals surface area contributed by atoms with Crippen LogP contribution in [0.3, 0.4) is 0 Å². The summed E-state index contributed by atoms with van der Waals surface area (Å²) in [5.74, 6) is 4.88. The van der Waals surface area contributed by atoms with Crippen LogP contribution in [0.4, 0.5) is 0 Å². The van der Waals surface area contributed by atoms with E-state index in [2.05, 4.69) is 51.9 Å². The van der Waals surface area contributed by atoms with Gasteiger partial charge in [0.15, 0.2) is 8.32 Å². The molecule has 20 heavy (non-hydrogen) atoms. The van der Waals surface area contributed by atoms with E-state index >= 15 is 0 Å². The minimum absolute atomic E-state index is 0.297. The Hall–Kier alpha value is -0.523. The van der Waals surface area contributed by atoms with Gasteiger partial charge in [0.05, 0.1) is 0 Å². The second-order valence-electron chi connectivity index (χ2n) is 8.03. The second kappa shape index (κ2) is 5.70. The van der Waals surface area contributed by atoms with Crippen molar-refractivity contribution in [3.8, 4) is 12.3 Å². The van der Waals surface area contributed by atoms with Crippen LogP contribution in [0, 0.1) is 30.1 Å². The molecular formula is C18H30OSi. The maximum Gasteiger partial charge on any atom is 0.192 e. The molecule has 0 aromatic heterocycles. The van der Waals surface area contributed by atoms with E-state index in [-0.39, 0.29) is 0 Å². The summed E-state index contributed by atoms with van der Waals surface area (Å²) in [5, 5.41) is 0.297. The van der Waals surface area contributed by atoms with Gasteiger partial charge in [-0.1, -0.05) is 32.9 Å². The molecule has 0 N–H and O–H groups in total. The molecule has 4 atom stereocenters. The molecule has 2 aliphatic rings. The van der Waals surface area contributed by atoms with Crippen molar-refractivity contribution in [2.75, 3.05) is 0 Å². The molecule has 0 bridgehead atoms. The summed E-state index contributed by atoms with van der Waals surface area (Å²) in [7, 11) is -1.66. The number of rotatable bonds is 4. The highest BCUT2D eigenvalue weighted by atomic mass is 28.4. The molecule has 0 unspecified atom stereocenters. The molecule has 0 radical (unpaired) electrons. The van der Waals surface area contributed by atoms with Crippen LogP contribution >= 0.6 is 0 Å². The van der Waals surface area contributed by atoms with Crippen LogP contribution < -0.4 is 0 Å². The number of terminal acetylenes is 1. The number of hydrogen-bond donors (Lipinski definition) is 0. The van der Waals surface area contributed by atoms with Crippen LogP contribution in [0.15, 0.2) is 12.2 Å². The zero-order valence-electron chi connectivity index (χ0n) is 13.8. The fourth-order valence-electron chi connectivity index (χ4n) is 3.48. The van der Waals surface area contributed by atoms with Crippen LogP contribution in [0.5, 0.6) is 0 Å². The Labute approximate surface area is 126 Å². The smallest absolute Gasteiger partial charge is 0.192 e. The van der Waals surface area contributed by atoms with Crippen molar-refractivity contribution in [2.45, 2.75) is 70.7 Å². The third-order valence-electron chi connectivity index (χ3n) is 5.68. The molecule has 0 aromatic carbocycles. The van der Waals surface area contributed by atoms with Gasteiger partial charge >= 0.3 is 0 Å². The van der Waals surface area contributed by atoms with E-state index in [0.29, 0.717) is 23.0 Å². The van der Waals surface area contributed by atoms with Gasteiger partial charge in [-0.25, -0.2) is 0 Å². The van der Waals surface area contributed by atoms with Gasteiger partial charge in [-0.05, 0) is 55.1 Å². The molecule has 2 heteroatoms. The highest BCUT2D eigenvalue weighted by Gasteiger charge is 2.47. The van der Waals surface area contributed by atoms with Gasteiger partial charge < -0.3 is 4.43 Å². The summed E-state index contributed by atoms with van der Waals surface area (Å²) in [6.07, 6.45) is 15.3. The average Bonchev–Trinajstić information content (AvgIpc) is 2.88. The van der Waals surface area contributed by atoms with E-state index in [9.17, 15) is 0 Å². The van der Waals surface area contributed by atoms with Gasteiger partial charge in [0.2, 0.25) is 0 Å². The summed E-state index contributed by atoms with van der Waals surface area (Å²) >= 11 is 0. The summed E-state index contributed by atoms with van der Waals surface area (Å²) in [6.45, 7) is 11.7. The molecule has 1 fully saturated rings. The third kappa shape index (κ3) is 3.04. The first-order chi connectivity index (χ1) is 9.26. The summed E-state index contributed by atoms with van der Waals surface area (Å²) in [6, 6.07) is 0. The Kier molecular flexibility index (Phi) is 4.52. The quantitative estimate of drug-likeness (QED) is 0.402. The molecule has 2 aliphatic carbocycles. The monoisotopic (exact) mass is 290 g/mol. The molecule has 0 heterocycles. The van der Waals surface area contributed by atoms with Crippen molar-refractivity contribution in [3.63, 3.8) is 0 Å². The lowest BCUT2D eigenvalue weighted by molar-refractivity contribution is 0.112. The summed E-state index contributed by atoms with van der Waals surface area (Å²) in [5.41, 5.74) is 0. The zero-order valence-corrected chi connectivity index (χ0v) is 14.8. The number of hydrogen-bond acceptors (Lipinski definition) is 1. The molecule has 0 amide bonds. The van der Waals surface area contributed by atoms with Gasteiger partial charge in [-0.15, -0.1) is 12.3 Å². The van der Waals surface area contributed by atoms with Crippen molar-refractivity contribution < 1.29 is 4.43 Å². The van der Waals surface area contributed by atoms with E-state index in [0.717, 1.165) is 18.8 Å². The van der Waals surface area contributed by atoms with Gasteiger partial charge in [-0.3, -0.25) is 0 Å². The first kappa shape index (κ1) is 15.9. The first-order valence-corrected chi connectivity index (χ1v) is 11.0. The average molecular weight is 291 g/mol. The minimum Gasteiger partial charge on any atom is -0.414 e. The number of allylic oxidation sites excluding steroid dienone is 2. The lowest BCUT2D eigenvalue weighted by atomic mass is 9.86. The Morgan fingerprint density at radius 2 is 1.95 bits per heavy atom. The standard InChI is InChI=1S/C18H30OSi/c1-7-8-9-14-10-11-15-12-13-16(17(14)15)19-20(5,6)18(2,3)4/h1,10-11,14-17H,8-9,12-13H2,2-6H3/t14-,15-,16-,17-/m1/s1. The first-order valence-electron chi connectivity index (χ1n) is 8.06. The zero-order chi connectivity index (χ0) is 15.0. The van der Waals surface area contributed by atoms with Gasteiger partial charge in [0, 0.05) is 12.5 Å². The topological polar surface area (TPSA) is 9.23 Å². The molecule has 0 saturated heterocycles. The van der Waals surface area contributed by atoms with Crippen LogP contribution in [0.25, 0.3) is 0 Å². The van der Waals surface area contributed by atoms with E-state index in [1.54, 1.807) is 0 Å². The fourth-order valence-corrected chi connectivity index (χ4v) is 4.87. The van der Waals surface area contributed by atoms with Gasteiger partial charge in [0.25, 0.3) is 0 Å². The lowest BCUT2D eigenvalue weighted by Crippen LogP contribution is -2.45. The highest BCUT2D eigenvalue weighted by molar-refractivity contribution is 6.74. The van der Waals surface area contributed by atoms with Crippen molar-refractivity contribution in [2.24, 2.45) is 17.8 Å². The van der Waals surface area contributed by atoms with E-state index < -0.39 is 8.32 Å². The van der Waals surface area contributed by atoms with Gasteiger partial charge in [-0.2, -0.15) is 0 Å². The van der Waals surface area contributed by atoms with E-state index in [4.69, 9.17) is 10.8 Å². The molecule has 0 spiro atoms. The van der Waals surface area contributed by atoms with E-state index in [1.165, 1.54) is 12.8 Å². The van der Waals surface area contributed by atoms with Crippen LogP contribution in [-0.4, -0.2) is 14.4 Å². The highest BCUT2D eigenvalue weighted by Crippen LogP contribution is 2.49. The molecule has 2 rings (SSSR count). The SMILES string of the molecule is C#CCC[C@@H]1C=C[C@@H]2CC[C@@H](O[Si](C)(C)C(C)(C)C)[C@@H]21. The molecule has 0 aromatic rings. The van der Waals surface area contributed by atoms with Crippen molar-refractivity contribution in [3.05, 3.63) is 12.2 Å². The van der Waals surface area contributed by atoms with Gasteiger partial charge in [0.1, 0.15) is 0 Å². The van der Waals surface area contributed by atoms with Crippen LogP contribution in [0.2, 0.25) is 18.1 Å². The Bertz CT molecular complexity index is 410. The normalized spacial score (nSPS) is 33.2. The summed E-state index contributed by atoms with van der Waals surface area (Å²) in [4.78, 5) is 0. The molecule has 112 valence electrons. The molecular weight excluding hydrogens is 260 g/mol. The predicted octanol–water partition coefficient (Wildman–Crippen LogP) is 5.00. The van der Waals surface area contributed by atoms with Crippen molar-refractivity contribution in [1.82, 2.24) is 0 Å². The Balaban J connectivity index is 2.05.